The second-order valence-electron chi connectivity index (χ2n) is 5.65. The smallest absolute Gasteiger partial charge is 0.387 e. The molecular formula is C19H18F2N2O2S2. The predicted molar refractivity (Wildman–Crippen MR) is 107 cm³/mol. The number of carbonyl (C=O) groups is 1. The van der Waals surface area contributed by atoms with Gasteiger partial charge in [-0.1, -0.05) is 53.9 Å². The third-order valence-electron chi connectivity index (χ3n) is 3.77. The van der Waals surface area contributed by atoms with E-state index >= 15 is 0 Å². The molecule has 0 spiro atoms. The molecule has 1 amide bonds. The summed E-state index contributed by atoms with van der Waals surface area (Å²) in [7, 11) is 0. The van der Waals surface area contributed by atoms with Gasteiger partial charge in [-0.05, 0) is 29.3 Å². The number of carbonyl (C=O) groups excluding carboxylic acids is 1. The van der Waals surface area contributed by atoms with Crippen LogP contribution in [-0.4, -0.2) is 29.2 Å². The van der Waals surface area contributed by atoms with Crippen LogP contribution in [0.3, 0.4) is 0 Å². The van der Waals surface area contributed by atoms with Crippen LogP contribution >= 0.6 is 23.5 Å². The van der Waals surface area contributed by atoms with Gasteiger partial charge in [-0.15, -0.1) is 0 Å². The van der Waals surface area contributed by atoms with Gasteiger partial charge in [0.25, 0.3) is 5.91 Å². The molecule has 3 rings (SSSR count). The molecule has 8 heteroatoms. The molecule has 0 radical (unpaired) electrons. The summed E-state index contributed by atoms with van der Waals surface area (Å²) >= 11 is 3.39. The van der Waals surface area contributed by atoms with E-state index in [1.54, 1.807) is 41.7 Å². The highest BCUT2D eigenvalue weighted by atomic mass is 32.2. The van der Waals surface area contributed by atoms with E-state index < -0.39 is 6.61 Å². The van der Waals surface area contributed by atoms with Gasteiger partial charge >= 0.3 is 6.61 Å². The highest BCUT2D eigenvalue weighted by Crippen LogP contribution is 2.26. The molecule has 1 aliphatic rings. The first-order chi connectivity index (χ1) is 13.1. The number of rotatable bonds is 7. The zero-order valence-electron chi connectivity index (χ0n) is 14.4. The maximum atomic E-state index is 12.6. The van der Waals surface area contributed by atoms with Gasteiger partial charge in [-0.2, -0.15) is 8.78 Å². The highest BCUT2D eigenvalue weighted by Gasteiger charge is 2.13. The number of thioether (sulfide) groups is 2. The van der Waals surface area contributed by atoms with Crippen molar-refractivity contribution >= 4 is 33.8 Å². The van der Waals surface area contributed by atoms with Crippen LogP contribution in [-0.2, 0) is 12.3 Å². The number of nitrogens with zero attached hydrogens (tertiary/aromatic N) is 1. The van der Waals surface area contributed by atoms with Gasteiger partial charge in [0.05, 0.1) is 6.54 Å². The molecule has 0 aromatic heterocycles. The maximum Gasteiger partial charge on any atom is 0.387 e. The van der Waals surface area contributed by atoms with Crippen LogP contribution in [0, 0.1) is 0 Å². The van der Waals surface area contributed by atoms with E-state index in [-0.39, 0.29) is 11.7 Å². The van der Waals surface area contributed by atoms with Crippen molar-refractivity contribution in [3.8, 4) is 5.75 Å². The predicted octanol–water partition coefficient (Wildman–Crippen LogP) is 4.55. The van der Waals surface area contributed by atoms with Crippen LogP contribution in [0.25, 0.3) is 0 Å². The molecule has 1 N–H and O–H groups in total. The number of ether oxygens (including phenoxy) is 1. The van der Waals surface area contributed by atoms with Crippen LogP contribution in [0.15, 0.2) is 53.5 Å². The molecule has 4 nitrogen and oxygen atoms in total. The molecule has 1 aliphatic heterocycles. The summed E-state index contributed by atoms with van der Waals surface area (Å²) in [5.41, 5.74) is 2.38. The Morgan fingerprint density at radius 2 is 2.00 bits per heavy atom. The quantitative estimate of drug-likeness (QED) is 0.730. The monoisotopic (exact) mass is 408 g/mol. The van der Waals surface area contributed by atoms with Crippen molar-refractivity contribution in [2.75, 3.05) is 12.3 Å². The van der Waals surface area contributed by atoms with Crippen molar-refractivity contribution < 1.29 is 18.3 Å². The molecule has 0 bridgehead atoms. The average Bonchev–Trinajstić information content (AvgIpc) is 3.19. The lowest BCUT2D eigenvalue weighted by Crippen LogP contribution is -2.23. The number of amides is 1. The number of hydrogen-bond acceptors (Lipinski definition) is 5. The lowest BCUT2D eigenvalue weighted by molar-refractivity contribution is -0.0498. The molecule has 0 saturated heterocycles. The molecule has 0 saturated carbocycles. The van der Waals surface area contributed by atoms with E-state index in [2.05, 4.69) is 15.0 Å². The number of aliphatic imine (C=N–C) groups is 1. The Morgan fingerprint density at radius 1 is 1.22 bits per heavy atom. The minimum absolute atomic E-state index is 0.0927. The third-order valence-corrected chi connectivity index (χ3v) is 6.07. The topological polar surface area (TPSA) is 50.7 Å². The molecule has 0 atom stereocenters. The zero-order chi connectivity index (χ0) is 19.1. The lowest BCUT2D eigenvalue weighted by atomic mass is 10.1. The molecule has 27 heavy (non-hydrogen) atoms. The van der Waals surface area contributed by atoms with Crippen molar-refractivity contribution in [2.45, 2.75) is 18.9 Å². The number of alkyl halides is 2. The first-order valence-electron chi connectivity index (χ1n) is 8.32. The molecule has 2 aromatic rings. The molecule has 0 unspecified atom stereocenters. The van der Waals surface area contributed by atoms with E-state index in [0.717, 1.165) is 27.8 Å². The minimum Gasteiger partial charge on any atom is -0.435 e. The van der Waals surface area contributed by atoms with Crippen LogP contribution in [0.2, 0.25) is 0 Å². The van der Waals surface area contributed by atoms with E-state index in [0.29, 0.717) is 17.9 Å². The van der Waals surface area contributed by atoms with Gasteiger partial charge in [0, 0.05) is 23.6 Å². The standard InChI is InChI=1S/C19H18F2N2O2S2/c20-18(21)25-15-7-5-13(6-8-15)11-23-17(24)16-4-2-1-3-14(16)12-27-19-22-9-10-26-19/h1-8,18H,9-12H2,(H,23,24). The van der Waals surface area contributed by atoms with Crippen molar-refractivity contribution in [3.05, 3.63) is 65.2 Å². The van der Waals surface area contributed by atoms with Gasteiger partial charge in [0.15, 0.2) is 0 Å². The number of halogens is 2. The summed E-state index contributed by atoms with van der Waals surface area (Å²) in [6, 6.07) is 13.7. The summed E-state index contributed by atoms with van der Waals surface area (Å²) in [6.07, 6.45) is 0. The number of benzene rings is 2. The molecule has 1 heterocycles. The van der Waals surface area contributed by atoms with Crippen LogP contribution in [0.4, 0.5) is 8.78 Å². The summed E-state index contributed by atoms with van der Waals surface area (Å²) in [5, 5.41) is 2.87. The first-order valence-corrected chi connectivity index (χ1v) is 10.3. The largest absolute Gasteiger partial charge is 0.435 e. The van der Waals surface area contributed by atoms with Crippen LogP contribution in [0.5, 0.6) is 5.75 Å². The Bertz CT molecular complexity index is 814. The van der Waals surface area contributed by atoms with E-state index in [9.17, 15) is 13.6 Å². The van der Waals surface area contributed by atoms with Gasteiger partial charge in [-0.25, -0.2) is 0 Å². The van der Waals surface area contributed by atoms with Crippen molar-refractivity contribution in [3.63, 3.8) is 0 Å². The Labute approximate surface area is 164 Å². The fourth-order valence-electron chi connectivity index (χ4n) is 2.48. The summed E-state index contributed by atoms with van der Waals surface area (Å²) < 4.78 is 29.7. The fraction of sp³-hybridized carbons (Fsp3) is 0.263. The lowest BCUT2D eigenvalue weighted by Gasteiger charge is -2.11. The Hall–Kier alpha value is -2.06. The molecule has 0 fully saturated rings. The van der Waals surface area contributed by atoms with E-state index in [4.69, 9.17) is 0 Å². The Morgan fingerprint density at radius 3 is 2.70 bits per heavy atom. The fourth-order valence-corrected chi connectivity index (χ4v) is 4.49. The second-order valence-corrected chi connectivity index (χ2v) is 7.95. The van der Waals surface area contributed by atoms with Gasteiger partial charge < -0.3 is 10.1 Å². The van der Waals surface area contributed by atoms with Crippen molar-refractivity contribution in [1.82, 2.24) is 5.32 Å². The Balaban J connectivity index is 1.57. The normalized spacial score (nSPS) is 13.5. The average molecular weight is 408 g/mol. The van der Waals surface area contributed by atoms with Gasteiger partial charge in [0.2, 0.25) is 0 Å². The van der Waals surface area contributed by atoms with E-state index in [1.165, 1.54) is 12.1 Å². The second kappa shape index (κ2) is 9.75. The zero-order valence-corrected chi connectivity index (χ0v) is 16.0. The molecule has 0 aliphatic carbocycles. The highest BCUT2D eigenvalue weighted by molar-refractivity contribution is 8.38. The summed E-state index contributed by atoms with van der Waals surface area (Å²) in [6.45, 7) is -1.69. The van der Waals surface area contributed by atoms with E-state index in [1.807, 2.05) is 18.2 Å². The molecular weight excluding hydrogens is 390 g/mol. The van der Waals surface area contributed by atoms with Crippen LogP contribution in [0.1, 0.15) is 21.5 Å². The number of nitrogens with one attached hydrogen (secondary N) is 1. The van der Waals surface area contributed by atoms with Gasteiger partial charge in [-0.3, -0.25) is 9.79 Å². The maximum absolute atomic E-state index is 12.6. The Kier molecular flexibility index (Phi) is 7.11. The number of hydrogen-bond donors (Lipinski definition) is 1. The summed E-state index contributed by atoms with van der Waals surface area (Å²) in [5.74, 6) is 1.64. The van der Waals surface area contributed by atoms with Crippen LogP contribution < -0.4 is 10.1 Å². The third kappa shape index (κ3) is 5.97. The molecule has 142 valence electrons. The van der Waals surface area contributed by atoms with Crippen molar-refractivity contribution in [2.24, 2.45) is 4.99 Å². The minimum atomic E-state index is -2.85. The van der Waals surface area contributed by atoms with Gasteiger partial charge in [0.1, 0.15) is 10.1 Å². The SMILES string of the molecule is O=C(NCc1ccc(OC(F)F)cc1)c1ccccc1CSC1=NCCS1. The summed E-state index contributed by atoms with van der Waals surface area (Å²) in [4.78, 5) is 17.0. The van der Waals surface area contributed by atoms with Crippen molar-refractivity contribution in [1.29, 1.82) is 0 Å². The first kappa shape index (κ1) is 19.7. The molecule has 2 aromatic carbocycles.